The van der Waals surface area contributed by atoms with Gasteiger partial charge < -0.3 is 5.11 Å². The molecule has 0 aliphatic heterocycles. The molecule has 1 aliphatic carbocycles. The number of aliphatic carboxylic acids is 1. The quantitative estimate of drug-likeness (QED) is 0.692. The number of alkyl halides is 2. The molecule has 2 unspecified atom stereocenters. The summed E-state index contributed by atoms with van der Waals surface area (Å²) in [5, 5.41) is 8.85. The molecule has 1 rings (SSSR count). The van der Waals surface area contributed by atoms with E-state index in [9.17, 15) is 13.6 Å². The van der Waals surface area contributed by atoms with Gasteiger partial charge in [0.2, 0.25) is 6.43 Å². The molecule has 0 bridgehead atoms. The van der Waals surface area contributed by atoms with Gasteiger partial charge in [0.15, 0.2) is 0 Å². The van der Waals surface area contributed by atoms with Crippen LogP contribution in [0, 0.1) is 16.7 Å². The molecule has 0 amide bonds. The zero-order valence-corrected chi connectivity index (χ0v) is 7.55. The summed E-state index contributed by atoms with van der Waals surface area (Å²) in [4.78, 5) is 10.8. The predicted molar refractivity (Wildman–Crippen MR) is 43.5 cm³/mol. The highest BCUT2D eigenvalue weighted by Crippen LogP contribution is 2.71. The van der Waals surface area contributed by atoms with Crippen LogP contribution in [0.3, 0.4) is 0 Å². The first-order valence-electron chi connectivity index (χ1n) is 3.97. The van der Waals surface area contributed by atoms with Crippen molar-refractivity contribution < 1.29 is 18.7 Å². The van der Waals surface area contributed by atoms with Crippen molar-refractivity contribution in [1.82, 2.24) is 0 Å². The fraction of sp³-hybridized carbons (Fsp3) is 0.667. The van der Waals surface area contributed by atoms with Crippen molar-refractivity contribution in [1.29, 1.82) is 0 Å². The number of hydrogen-bond acceptors (Lipinski definition) is 1. The van der Waals surface area contributed by atoms with Crippen LogP contribution < -0.4 is 0 Å². The summed E-state index contributed by atoms with van der Waals surface area (Å²) in [6.07, 6.45) is -1.48. The lowest BCUT2D eigenvalue weighted by Crippen LogP contribution is -2.19. The van der Waals surface area contributed by atoms with Gasteiger partial charge in [-0.1, -0.05) is 19.9 Å². The molecule has 0 saturated heterocycles. The van der Waals surface area contributed by atoms with Crippen LogP contribution in [0.15, 0.2) is 12.7 Å². The van der Waals surface area contributed by atoms with Crippen LogP contribution in [0.1, 0.15) is 13.8 Å². The maximum Gasteiger partial charge on any atom is 0.314 e. The molecule has 1 saturated carbocycles. The third kappa shape index (κ3) is 0.943. The zero-order chi connectivity index (χ0) is 10.4. The Hall–Kier alpha value is -0.930. The fourth-order valence-electron chi connectivity index (χ4n) is 2.24. The fourth-order valence-corrected chi connectivity index (χ4v) is 2.24. The van der Waals surface area contributed by atoms with Gasteiger partial charge in [0, 0.05) is 5.92 Å². The Bertz CT molecular complexity index is 260. The number of carboxylic acids is 1. The Balaban J connectivity index is 3.06. The lowest BCUT2D eigenvalue weighted by atomic mass is 9.96. The molecular weight excluding hydrogens is 178 g/mol. The average molecular weight is 190 g/mol. The van der Waals surface area contributed by atoms with Crippen LogP contribution in [0.25, 0.3) is 0 Å². The van der Waals surface area contributed by atoms with E-state index < -0.39 is 29.1 Å². The smallest absolute Gasteiger partial charge is 0.314 e. The van der Waals surface area contributed by atoms with Crippen LogP contribution in [-0.4, -0.2) is 17.5 Å². The number of carbonyl (C=O) groups is 1. The molecule has 13 heavy (non-hydrogen) atoms. The van der Waals surface area contributed by atoms with Crippen LogP contribution in [0.4, 0.5) is 8.78 Å². The number of rotatable bonds is 3. The van der Waals surface area contributed by atoms with E-state index in [0.717, 1.165) is 6.08 Å². The maximum atomic E-state index is 12.4. The molecule has 1 aliphatic rings. The molecule has 0 heterocycles. The lowest BCUT2D eigenvalue weighted by Gasteiger charge is -2.08. The molecule has 0 aromatic heterocycles. The van der Waals surface area contributed by atoms with Crippen molar-refractivity contribution in [3.05, 3.63) is 12.7 Å². The summed E-state index contributed by atoms with van der Waals surface area (Å²) < 4.78 is 24.9. The summed E-state index contributed by atoms with van der Waals surface area (Å²) in [5.41, 5.74) is -2.34. The van der Waals surface area contributed by atoms with E-state index in [1.807, 2.05) is 0 Å². The molecule has 1 fully saturated rings. The van der Waals surface area contributed by atoms with Crippen molar-refractivity contribution in [2.45, 2.75) is 20.3 Å². The van der Waals surface area contributed by atoms with E-state index in [1.165, 1.54) is 13.8 Å². The highest BCUT2D eigenvalue weighted by atomic mass is 19.3. The first-order chi connectivity index (χ1) is 5.82. The van der Waals surface area contributed by atoms with E-state index >= 15 is 0 Å². The van der Waals surface area contributed by atoms with Gasteiger partial charge in [0.05, 0.1) is 5.41 Å². The molecule has 0 spiro atoms. The highest BCUT2D eigenvalue weighted by Gasteiger charge is 2.77. The summed E-state index contributed by atoms with van der Waals surface area (Å²) in [6.45, 7) is 6.39. The van der Waals surface area contributed by atoms with Crippen molar-refractivity contribution in [3.63, 3.8) is 0 Å². The normalized spacial score (nSPS) is 35.9. The number of carboxylic acid groups (broad SMARTS) is 1. The highest BCUT2D eigenvalue weighted by molar-refractivity contribution is 5.83. The van der Waals surface area contributed by atoms with Gasteiger partial charge in [-0.3, -0.25) is 4.79 Å². The lowest BCUT2D eigenvalue weighted by molar-refractivity contribution is -0.143. The Morgan fingerprint density at radius 3 is 2.15 bits per heavy atom. The molecule has 0 aromatic rings. The minimum Gasteiger partial charge on any atom is -0.481 e. The van der Waals surface area contributed by atoms with Crippen molar-refractivity contribution in [2.24, 2.45) is 16.7 Å². The second kappa shape index (κ2) is 2.53. The maximum absolute atomic E-state index is 12.4. The first-order valence-corrected chi connectivity index (χ1v) is 3.97. The van der Waals surface area contributed by atoms with Gasteiger partial charge in [0.25, 0.3) is 0 Å². The number of halogens is 2. The van der Waals surface area contributed by atoms with Gasteiger partial charge in [0.1, 0.15) is 0 Å². The van der Waals surface area contributed by atoms with E-state index in [0.29, 0.717) is 0 Å². The van der Waals surface area contributed by atoms with Crippen molar-refractivity contribution in [2.75, 3.05) is 0 Å². The minimum absolute atomic E-state index is 0.894. The van der Waals surface area contributed by atoms with Gasteiger partial charge in [-0.05, 0) is 5.41 Å². The van der Waals surface area contributed by atoms with Crippen molar-refractivity contribution in [3.8, 4) is 0 Å². The third-order valence-electron chi connectivity index (χ3n) is 3.18. The van der Waals surface area contributed by atoms with Crippen molar-refractivity contribution >= 4 is 5.97 Å². The minimum atomic E-state index is -2.61. The van der Waals surface area contributed by atoms with Gasteiger partial charge >= 0.3 is 5.97 Å². The molecule has 0 aromatic carbocycles. The zero-order valence-electron chi connectivity index (χ0n) is 7.55. The van der Waals surface area contributed by atoms with Crippen LogP contribution in [0.2, 0.25) is 0 Å². The first kappa shape index (κ1) is 10.2. The molecule has 1 N–H and O–H groups in total. The number of hydrogen-bond donors (Lipinski definition) is 1. The van der Waals surface area contributed by atoms with Crippen LogP contribution >= 0.6 is 0 Å². The Labute approximate surface area is 75.3 Å². The third-order valence-corrected chi connectivity index (χ3v) is 3.18. The predicted octanol–water partition coefficient (Wildman–Crippen LogP) is 2.16. The second-order valence-electron chi connectivity index (χ2n) is 3.91. The van der Waals surface area contributed by atoms with E-state index in [4.69, 9.17) is 5.11 Å². The van der Waals surface area contributed by atoms with E-state index in [1.54, 1.807) is 0 Å². The Kier molecular flexibility index (Phi) is 1.97. The second-order valence-corrected chi connectivity index (χ2v) is 3.91. The van der Waals surface area contributed by atoms with Crippen LogP contribution in [0.5, 0.6) is 0 Å². The van der Waals surface area contributed by atoms with Gasteiger partial charge in [-0.25, -0.2) is 8.78 Å². The van der Waals surface area contributed by atoms with E-state index in [-0.39, 0.29) is 0 Å². The van der Waals surface area contributed by atoms with Crippen LogP contribution in [-0.2, 0) is 4.79 Å². The molecule has 0 radical (unpaired) electrons. The molecule has 2 atom stereocenters. The molecule has 2 nitrogen and oxygen atoms in total. The monoisotopic (exact) mass is 190 g/mol. The summed E-state index contributed by atoms with van der Waals surface area (Å²) >= 11 is 0. The molecule has 74 valence electrons. The topological polar surface area (TPSA) is 37.3 Å². The Morgan fingerprint density at radius 2 is 2.08 bits per heavy atom. The molecule has 4 heteroatoms. The standard InChI is InChI=1S/C9H12F2O2/c1-4-9(7(12)13)5(6(10)11)8(9,2)3/h4-6H,1H2,2-3H3,(H,12,13). The molecular formula is C9H12F2O2. The summed E-state index contributed by atoms with van der Waals surface area (Å²) in [5.74, 6) is -2.33. The van der Waals surface area contributed by atoms with Gasteiger partial charge in [-0.2, -0.15) is 0 Å². The summed E-state index contributed by atoms with van der Waals surface area (Å²) in [7, 11) is 0. The van der Waals surface area contributed by atoms with E-state index in [2.05, 4.69) is 6.58 Å². The Morgan fingerprint density at radius 1 is 1.62 bits per heavy atom. The SMILES string of the molecule is C=CC1(C(=O)O)C(C(F)F)C1(C)C. The average Bonchev–Trinajstić information content (AvgIpc) is 2.48. The largest absolute Gasteiger partial charge is 0.481 e. The van der Waals surface area contributed by atoms with Gasteiger partial charge in [-0.15, -0.1) is 6.58 Å². The summed E-state index contributed by atoms with van der Waals surface area (Å²) in [6, 6.07) is 0.